The first-order valence-corrected chi connectivity index (χ1v) is 5.56. The zero-order chi connectivity index (χ0) is 11.4. The number of likely N-dealkylation sites (N-methyl/N-ethyl adjacent to an activating group) is 1. The molecule has 1 aliphatic rings. The molecule has 0 N–H and O–H groups in total. The predicted octanol–water partition coefficient (Wildman–Crippen LogP) is 1.76. The van der Waals surface area contributed by atoms with Gasteiger partial charge in [-0.25, -0.2) is 0 Å². The van der Waals surface area contributed by atoms with E-state index in [2.05, 4.69) is 24.3 Å². The van der Waals surface area contributed by atoms with Gasteiger partial charge < -0.3 is 4.74 Å². The molecule has 1 aliphatic heterocycles. The molecule has 3 heteroatoms. The van der Waals surface area contributed by atoms with E-state index in [1.165, 1.54) is 11.1 Å². The summed E-state index contributed by atoms with van der Waals surface area (Å²) in [5, 5.41) is 8.63. The van der Waals surface area contributed by atoms with E-state index in [1.807, 2.05) is 18.0 Å². The maximum atomic E-state index is 8.63. The van der Waals surface area contributed by atoms with Crippen LogP contribution in [-0.2, 0) is 11.2 Å². The predicted molar refractivity (Wildman–Crippen MR) is 61.9 cm³/mol. The average molecular weight is 216 g/mol. The summed E-state index contributed by atoms with van der Waals surface area (Å²) in [6, 6.07) is 10.6. The van der Waals surface area contributed by atoms with Crippen LogP contribution in [-0.4, -0.2) is 31.6 Å². The molecule has 0 aromatic heterocycles. The molecule has 0 spiro atoms. The van der Waals surface area contributed by atoms with Gasteiger partial charge in [0.25, 0.3) is 0 Å². The first-order chi connectivity index (χ1) is 7.81. The molecule has 0 saturated heterocycles. The fourth-order valence-electron chi connectivity index (χ4n) is 2.10. The van der Waals surface area contributed by atoms with Crippen molar-refractivity contribution in [2.24, 2.45) is 0 Å². The van der Waals surface area contributed by atoms with Gasteiger partial charge in [-0.3, -0.25) is 4.90 Å². The Morgan fingerprint density at radius 1 is 1.50 bits per heavy atom. The SMILES string of the molecule is CN(CC#N)CC1OCCc2ccccc21. The standard InChI is InChI=1S/C13H16N2O/c1-15(8-7-14)10-13-12-5-3-2-4-11(12)6-9-16-13/h2-5,13H,6,8-10H2,1H3. The number of ether oxygens (including phenoxy) is 1. The van der Waals surface area contributed by atoms with Crippen LogP contribution in [0.15, 0.2) is 24.3 Å². The molecular formula is C13H16N2O. The van der Waals surface area contributed by atoms with Crippen molar-refractivity contribution in [3.63, 3.8) is 0 Å². The molecular weight excluding hydrogens is 200 g/mol. The Morgan fingerprint density at radius 3 is 3.12 bits per heavy atom. The van der Waals surface area contributed by atoms with Gasteiger partial charge in [-0.2, -0.15) is 5.26 Å². The lowest BCUT2D eigenvalue weighted by atomic mass is 9.97. The van der Waals surface area contributed by atoms with Crippen LogP contribution >= 0.6 is 0 Å². The van der Waals surface area contributed by atoms with Gasteiger partial charge in [0.1, 0.15) is 0 Å². The Hall–Kier alpha value is -1.37. The monoisotopic (exact) mass is 216 g/mol. The number of benzene rings is 1. The van der Waals surface area contributed by atoms with Crippen molar-refractivity contribution in [1.82, 2.24) is 4.90 Å². The second-order valence-corrected chi connectivity index (χ2v) is 4.16. The summed E-state index contributed by atoms with van der Waals surface area (Å²) in [6.07, 6.45) is 1.11. The molecule has 1 unspecified atom stereocenters. The highest BCUT2D eigenvalue weighted by atomic mass is 16.5. The summed E-state index contributed by atoms with van der Waals surface area (Å²) in [5.74, 6) is 0. The van der Waals surface area contributed by atoms with Crippen LogP contribution in [0.1, 0.15) is 17.2 Å². The zero-order valence-electron chi connectivity index (χ0n) is 9.52. The quantitative estimate of drug-likeness (QED) is 0.722. The molecule has 16 heavy (non-hydrogen) atoms. The number of hydrogen-bond acceptors (Lipinski definition) is 3. The third-order valence-corrected chi connectivity index (χ3v) is 2.91. The molecule has 1 atom stereocenters. The van der Waals surface area contributed by atoms with Gasteiger partial charge in [0.2, 0.25) is 0 Å². The van der Waals surface area contributed by atoms with E-state index in [1.54, 1.807) is 0 Å². The largest absolute Gasteiger partial charge is 0.372 e. The van der Waals surface area contributed by atoms with E-state index in [0.29, 0.717) is 6.54 Å². The lowest BCUT2D eigenvalue weighted by Gasteiger charge is -2.28. The van der Waals surface area contributed by atoms with E-state index >= 15 is 0 Å². The van der Waals surface area contributed by atoms with Gasteiger partial charge in [0.15, 0.2) is 0 Å². The first-order valence-electron chi connectivity index (χ1n) is 5.56. The summed E-state index contributed by atoms with van der Waals surface area (Å²) in [6.45, 7) is 2.01. The van der Waals surface area contributed by atoms with Crippen molar-refractivity contribution in [1.29, 1.82) is 5.26 Å². The van der Waals surface area contributed by atoms with Crippen LogP contribution in [0.5, 0.6) is 0 Å². The fraction of sp³-hybridized carbons (Fsp3) is 0.462. The topological polar surface area (TPSA) is 36.3 Å². The van der Waals surface area contributed by atoms with Gasteiger partial charge in [0.05, 0.1) is 25.3 Å². The molecule has 1 aromatic carbocycles. The molecule has 0 amide bonds. The second kappa shape index (κ2) is 5.11. The summed E-state index contributed by atoms with van der Waals surface area (Å²) in [7, 11) is 1.95. The van der Waals surface area contributed by atoms with Crippen LogP contribution in [0.2, 0.25) is 0 Å². The molecule has 0 saturated carbocycles. The minimum absolute atomic E-state index is 0.114. The molecule has 2 rings (SSSR count). The Bertz CT molecular complexity index is 397. The number of rotatable bonds is 3. The van der Waals surface area contributed by atoms with Crippen LogP contribution < -0.4 is 0 Å². The van der Waals surface area contributed by atoms with Gasteiger partial charge in [-0.1, -0.05) is 24.3 Å². The first kappa shape index (κ1) is 11.1. The van der Waals surface area contributed by atoms with Gasteiger partial charge in [-0.05, 0) is 24.6 Å². The van der Waals surface area contributed by atoms with E-state index < -0.39 is 0 Å². The molecule has 3 nitrogen and oxygen atoms in total. The molecule has 0 aliphatic carbocycles. The Balaban J connectivity index is 2.10. The molecule has 0 radical (unpaired) electrons. The fourth-order valence-corrected chi connectivity index (χ4v) is 2.10. The Labute approximate surface area is 96.2 Å². The van der Waals surface area contributed by atoms with Gasteiger partial charge in [-0.15, -0.1) is 0 Å². The minimum atomic E-state index is 0.114. The van der Waals surface area contributed by atoms with Gasteiger partial charge in [0, 0.05) is 6.54 Å². The normalized spacial score (nSPS) is 19.2. The van der Waals surface area contributed by atoms with Gasteiger partial charge >= 0.3 is 0 Å². The molecule has 84 valence electrons. The highest BCUT2D eigenvalue weighted by Crippen LogP contribution is 2.27. The molecule has 1 aromatic rings. The van der Waals surface area contributed by atoms with Crippen molar-refractivity contribution in [2.45, 2.75) is 12.5 Å². The maximum Gasteiger partial charge on any atom is 0.0954 e. The number of nitrogens with zero attached hydrogens (tertiary/aromatic N) is 2. The van der Waals surface area contributed by atoms with Crippen LogP contribution in [0.3, 0.4) is 0 Å². The van der Waals surface area contributed by atoms with Crippen molar-refractivity contribution in [3.05, 3.63) is 35.4 Å². The molecule has 0 bridgehead atoms. The Morgan fingerprint density at radius 2 is 2.31 bits per heavy atom. The van der Waals surface area contributed by atoms with E-state index in [0.717, 1.165) is 19.6 Å². The second-order valence-electron chi connectivity index (χ2n) is 4.16. The summed E-state index contributed by atoms with van der Waals surface area (Å²) in [4.78, 5) is 1.99. The summed E-state index contributed by atoms with van der Waals surface area (Å²) >= 11 is 0. The summed E-state index contributed by atoms with van der Waals surface area (Å²) in [5.41, 5.74) is 2.66. The van der Waals surface area contributed by atoms with E-state index in [9.17, 15) is 0 Å². The van der Waals surface area contributed by atoms with Crippen LogP contribution in [0, 0.1) is 11.3 Å². The van der Waals surface area contributed by atoms with E-state index in [-0.39, 0.29) is 6.10 Å². The van der Waals surface area contributed by atoms with Crippen LogP contribution in [0.25, 0.3) is 0 Å². The zero-order valence-corrected chi connectivity index (χ0v) is 9.52. The third kappa shape index (κ3) is 2.41. The highest BCUT2D eigenvalue weighted by molar-refractivity contribution is 5.31. The average Bonchev–Trinajstić information content (AvgIpc) is 2.30. The van der Waals surface area contributed by atoms with Crippen molar-refractivity contribution in [2.75, 3.05) is 26.7 Å². The molecule has 0 fully saturated rings. The molecule has 1 heterocycles. The number of fused-ring (bicyclic) bond motifs is 1. The number of nitriles is 1. The summed E-state index contributed by atoms with van der Waals surface area (Å²) < 4.78 is 5.77. The minimum Gasteiger partial charge on any atom is -0.372 e. The van der Waals surface area contributed by atoms with Crippen molar-refractivity contribution in [3.8, 4) is 6.07 Å². The van der Waals surface area contributed by atoms with Crippen LogP contribution in [0.4, 0.5) is 0 Å². The lowest BCUT2D eigenvalue weighted by Crippen LogP contribution is -2.29. The van der Waals surface area contributed by atoms with Crippen molar-refractivity contribution < 1.29 is 4.74 Å². The highest BCUT2D eigenvalue weighted by Gasteiger charge is 2.21. The van der Waals surface area contributed by atoms with E-state index in [4.69, 9.17) is 10.00 Å². The number of hydrogen-bond donors (Lipinski definition) is 0. The lowest BCUT2D eigenvalue weighted by molar-refractivity contribution is 0.0233. The Kier molecular flexibility index (Phi) is 3.55. The third-order valence-electron chi connectivity index (χ3n) is 2.91. The smallest absolute Gasteiger partial charge is 0.0954 e. The van der Waals surface area contributed by atoms with Crippen molar-refractivity contribution >= 4 is 0 Å². The maximum absolute atomic E-state index is 8.63.